The van der Waals surface area contributed by atoms with Crippen LogP contribution in [0.15, 0.2) is 53.7 Å². The molecular formula is C20H13F4N5O2. The first kappa shape index (κ1) is 20.3. The molecule has 11 heteroatoms. The van der Waals surface area contributed by atoms with Crippen LogP contribution in [-0.4, -0.2) is 25.2 Å². The number of anilines is 1. The number of carbonyl (C=O) groups excluding carboxylic acids is 1. The third-order valence-corrected chi connectivity index (χ3v) is 4.51. The molecule has 0 atom stereocenters. The van der Waals surface area contributed by atoms with Gasteiger partial charge in [-0.05, 0) is 36.4 Å². The highest BCUT2D eigenvalue weighted by Gasteiger charge is 2.16. The van der Waals surface area contributed by atoms with E-state index in [2.05, 4.69) is 15.4 Å². The first-order valence-corrected chi connectivity index (χ1v) is 8.97. The number of nitrogens with zero attached hydrogens (tertiary/aromatic N) is 4. The highest BCUT2D eigenvalue weighted by molar-refractivity contribution is 5.90. The molecule has 4 aromatic rings. The molecule has 1 amide bonds. The van der Waals surface area contributed by atoms with Gasteiger partial charge < -0.3 is 5.32 Å². The zero-order chi connectivity index (χ0) is 22.1. The second-order valence-electron chi connectivity index (χ2n) is 6.53. The first-order chi connectivity index (χ1) is 14.8. The van der Waals surface area contributed by atoms with E-state index in [1.807, 2.05) is 0 Å². The lowest BCUT2D eigenvalue weighted by Crippen LogP contribution is -2.24. The number of hydrogen-bond acceptors (Lipinski definition) is 4. The van der Waals surface area contributed by atoms with E-state index >= 15 is 0 Å². The monoisotopic (exact) mass is 431 g/mol. The molecule has 0 aliphatic heterocycles. The van der Waals surface area contributed by atoms with Crippen molar-refractivity contribution in [1.82, 2.24) is 19.3 Å². The standard InChI is InChI=1S/C20H13F4N5O2/c21-11-1-3-12(4-2-11)29-19-13(9-26-29)20(31)28(10-25-19)8-7-16(30)27-15-6-5-14(22)17(23)18(15)24/h1-6,9-10H,7-8H2,(H,27,30). The Morgan fingerprint density at radius 2 is 1.74 bits per heavy atom. The van der Waals surface area contributed by atoms with E-state index in [9.17, 15) is 27.2 Å². The minimum Gasteiger partial charge on any atom is -0.323 e. The number of rotatable bonds is 5. The summed E-state index contributed by atoms with van der Waals surface area (Å²) in [6.45, 7) is -0.0966. The summed E-state index contributed by atoms with van der Waals surface area (Å²) in [6, 6.07) is 7.05. The molecule has 0 aliphatic carbocycles. The van der Waals surface area contributed by atoms with Crippen molar-refractivity contribution in [3.05, 3.63) is 82.5 Å². The molecule has 0 saturated heterocycles. The van der Waals surface area contributed by atoms with Crippen molar-refractivity contribution in [1.29, 1.82) is 0 Å². The maximum absolute atomic E-state index is 13.7. The van der Waals surface area contributed by atoms with Gasteiger partial charge in [-0.25, -0.2) is 27.2 Å². The van der Waals surface area contributed by atoms with Gasteiger partial charge in [-0.3, -0.25) is 14.2 Å². The van der Waals surface area contributed by atoms with Crippen LogP contribution in [-0.2, 0) is 11.3 Å². The van der Waals surface area contributed by atoms with Gasteiger partial charge in [-0.1, -0.05) is 0 Å². The lowest BCUT2D eigenvalue weighted by atomic mass is 10.2. The molecule has 0 radical (unpaired) electrons. The van der Waals surface area contributed by atoms with Gasteiger partial charge in [0.1, 0.15) is 11.2 Å². The fraction of sp³-hybridized carbons (Fsp3) is 0.100. The second-order valence-corrected chi connectivity index (χ2v) is 6.53. The number of nitrogens with one attached hydrogen (secondary N) is 1. The molecule has 2 aromatic carbocycles. The van der Waals surface area contributed by atoms with Crippen LogP contribution < -0.4 is 10.9 Å². The summed E-state index contributed by atoms with van der Waals surface area (Å²) in [5.74, 6) is -5.71. The molecule has 0 saturated carbocycles. The normalized spacial score (nSPS) is 11.1. The smallest absolute Gasteiger partial charge is 0.264 e. The molecular weight excluding hydrogens is 418 g/mol. The van der Waals surface area contributed by atoms with Crippen LogP contribution in [0.5, 0.6) is 0 Å². The van der Waals surface area contributed by atoms with Crippen molar-refractivity contribution in [3.63, 3.8) is 0 Å². The molecule has 2 aromatic heterocycles. The third kappa shape index (κ3) is 3.89. The zero-order valence-corrected chi connectivity index (χ0v) is 15.7. The molecule has 158 valence electrons. The summed E-state index contributed by atoms with van der Waals surface area (Å²) < 4.78 is 55.6. The number of fused-ring (bicyclic) bond motifs is 1. The van der Waals surface area contributed by atoms with Gasteiger partial charge in [-0.15, -0.1) is 0 Å². The first-order valence-electron chi connectivity index (χ1n) is 8.97. The Bertz CT molecular complexity index is 1350. The maximum atomic E-state index is 13.7. The fourth-order valence-corrected chi connectivity index (χ4v) is 2.94. The van der Waals surface area contributed by atoms with E-state index in [0.717, 1.165) is 6.07 Å². The van der Waals surface area contributed by atoms with Crippen LogP contribution in [0.3, 0.4) is 0 Å². The molecule has 0 spiro atoms. The molecule has 0 bridgehead atoms. The summed E-state index contributed by atoms with van der Waals surface area (Å²) in [6.07, 6.45) is 2.27. The van der Waals surface area contributed by atoms with E-state index in [-0.39, 0.29) is 24.0 Å². The summed E-state index contributed by atoms with van der Waals surface area (Å²) in [4.78, 5) is 28.9. The Morgan fingerprint density at radius 1 is 1.00 bits per heavy atom. The highest BCUT2D eigenvalue weighted by atomic mass is 19.2. The fourth-order valence-electron chi connectivity index (χ4n) is 2.94. The van der Waals surface area contributed by atoms with Crippen LogP contribution in [0.2, 0.25) is 0 Å². The number of halogens is 4. The highest BCUT2D eigenvalue weighted by Crippen LogP contribution is 2.20. The van der Waals surface area contributed by atoms with Crippen molar-refractivity contribution in [2.24, 2.45) is 0 Å². The largest absolute Gasteiger partial charge is 0.323 e. The molecule has 4 rings (SSSR count). The van der Waals surface area contributed by atoms with E-state index in [0.29, 0.717) is 11.8 Å². The lowest BCUT2D eigenvalue weighted by molar-refractivity contribution is -0.116. The van der Waals surface area contributed by atoms with Crippen molar-refractivity contribution < 1.29 is 22.4 Å². The van der Waals surface area contributed by atoms with Gasteiger partial charge >= 0.3 is 0 Å². The number of carbonyl (C=O) groups is 1. The Labute approximate surface area is 171 Å². The van der Waals surface area contributed by atoms with Crippen LogP contribution in [0.25, 0.3) is 16.7 Å². The van der Waals surface area contributed by atoms with Crippen LogP contribution >= 0.6 is 0 Å². The van der Waals surface area contributed by atoms with E-state index in [1.54, 1.807) is 0 Å². The van der Waals surface area contributed by atoms with Gasteiger partial charge in [0, 0.05) is 13.0 Å². The minimum absolute atomic E-state index is 0.0966. The molecule has 1 N–H and O–H groups in total. The predicted octanol–water partition coefficient (Wildman–Crippen LogP) is 3.17. The quantitative estimate of drug-likeness (QED) is 0.389. The summed E-state index contributed by atoms with van der Waals surface area (Å²) >= 11 is 0. The van der Waals surface area contributed by atoms with E-state index in [1.165, 1.54) is 46.0 Å². The molecule has 31 heavy (non-hydrogen) atoms. The summed E-state index contributed by atoms with van der Waals surface area (Å²) in [5.41, 5.74) is -0.217. The Hall–Kier alpha value is -4.02. The number of hydrogen-bond donors (Lipinski definition) is 1. The van der Waals surface area contributed by atoms with Gasteiger partial charge in [-0.2, -0.15) is 5.10 Å². The zero-order valence-electron chi connectivity index (χ0n) is 15.7. The number of amides is 1. The van der Waals surface area contributed by atoms with E-state index in [4.69, 9.17) is 0 Å². The van der Waals surface area contributed by atoms with Gasteiger partial charge in [0.25, 0.3) is 5.56 Å². The predicted molar refractivity (Wildman–Crippen MR) is 103 cm³/mol. The minimum atomic E-state index is -1.69. The average Bonchev–Trinajstić information content (AvgIpc) is 3.19. The topological polar surface area (TPSA) is 81.8 Å². The van der Waals surface area contributed by atoms with Gasteiger partial charge in [0.15, 0.2) is 23.1 Å². The SMILES string of the molecule is O=C(CCn1cnc2c(cnn2-c2ccc(F)cc2)c1=O)Nc1ccc(F)c(F)c1F. The van der Waals surface area contributed by atoms with Crippen LogP contribution in [0, 0.1) is 23.3 Å². The Balaban J connectivity index is 1.51. The lowest BCUT2D eigenvalue weighted by Gasteiger charge is -2.09. The van der Waals surface area contributed by atoms with Crippen molar-refractivity contribution >= 4 is 22.6 Å². The third-order valence-electron chi connectivity index (χ3n) is 4.51. The number of benzene rings is 2. The summed E-state index contributed by atoms with van der Waals surface area (Å²) in [7, 11) is 0. The van der Waals surface area contributed by atoms with E-state index < -0.39 is 40.4 Å². The molecule has 0 aliphatic rings. The molecule has 0 unspecified atom stereocenters. The number of aryl methyl sites for hydroxylation is 1. The average molecular weight is 431 g/mol. The summed E-state index contributed by atoms with van der Waals surface area (Å²) in [5, 5.41) is 6.42. The molecule has 7 nitrogen and oxygen atoms in total. The van der Waals surface area contributed by atoms with Crippen LogP contribution in [0.1, 0.15) is 6.42 Å². The van der Waals surface area contributed by atoms with Gasteiger partial charge in [0.05, 0.1) is 23.9 Å². The second kappa shape index (κ2) is 8.01. The Kier molecular flexibility index (Phi) is 5.24. The van der Waals surface area contributed by atoms with Crippen LogP contribution in [0.4, 0.5) is 23.2 Å². The van der Waals surface area contributed by atoms with Crippen molar-refractivity contribution in [3.8, 4) is 5.69 Å². The van der Waals surface area contributed by atoms with Crippen molar-refractivity contribution in [2.45, 2.75) is 13.0 Å². The van der Waals surface area contributed by atoms with Crippen molar-refractivity contribution in [2.75, 3.05) is 5.32 Å². The Morgan fingerprint density at radius 3 is 2.48 bits per heavy atom. The van der Waals surface area contributed by atoms with Gasteiger partial charge in [0.2, 0.25) is 5.91 Å². The molecule has 2 heterocycles. The maximum Gasteiger partial charge on any atom is 0.264 e. The number of aromatic nitrogens is 4. The molecule has 0 fully saturated rings.